The molecule has 1 fully saturated rings. The predicted octanol–water partition coefficient (Wildman–Crippen LogP) is 4.22. The minimum Gasteiger partial charge on any atom is -0.474 e. The molecule has 0 spiro atoms. The first-order chi connectivity index (χ1) is 17.7. The summed E-state index contributed by atoms with van der Waals surface area (Å²) in [6.07, 6.45) is 6.22. The Kier molecular flexibility index (Phi) is 9.59. The van der Waals surface area contributed by atoms with Gasteiger partial charge in [0, 0.05) is 12.7 Å². The zero-order valence-electron chi connectivity index (χ0n) is 22.1. The van der Waals surface area contributed by atoms with Crippen LogP contribution in [0.4, 0.5) is 11.5 Å². The number of nitrogens with one attached hydrogen (secondary N) is 4. The van der Waals surface area contributed by atoms with Gasteiger partial charge in [-0.15, -0.1) is 0 Å². The first-order valence-electron chi connectivity index (χ1n) is 12.5. The molecule has 1 saturated carbocycles. The Labute approximate surface area is 217 Å². The van der Waals surface area contributed by atoms with Gasteiger partial charge >= 0.3 is 5.97 Å². The molecule has 1 aromatic heterocycles. The number of methoxy groups -OCH3 is 1. The maximum Gasteiger partial charge on any atom is 0.309 e. The molecular formula is C27H36N6O4. The number of ether oxygens (including phenoxy) is 2. The van der Waals surface area contributed by atoms with E-state index >= 15 is 0 Å². The highest BCUT2D eigenvalue weighted by Crippen LogP contribution is 2.32. The molecule has 10 nitrogen and oxygen atoms in total. The van der Waals surface area contributed by atoms with E-state index in [4.69, 9.17) is 14.9 Å². The van der Waals surface area contributed by atoms with Crippen LogP contribution in [0.15, 0.2) is 42.4 Å². The van der Waals surface area contributed by atoms with Crippen LogP contribution in [0.5, 0.6) is 5.88 Å². The van der Waals surface area contributed by atoms with Gasteiger partial charge in [-0.2, -0.15) is 4.98 Å². The molecule has 1 amide bonds. The summed E-state index contributed by atoms with van der Waals surface area (Å²) in [5.41, 5.74) is 2.94. The van der Waals surface area contributed by atoms with Gasteiger partial charge in [0.05, 0.1) is 54.5 Å². The lowest BCUT2D eigenvalue weighted by Gasteiger charge is -2.28. The Morgan fingerprint density at radius 1 is 1.05 bits per heavy atom. The van der Waals surface area contributed by atoms with Crippen molar-refractivity contribution < 1.29 is 19.1 Å². The highest BCUT2D eigenvalue weighted by atomic mass is 16.5. The molecule has 10 heteroatoms. The Morgan fingerprint density at radius 3 is 2.32 bits per heavy atom. The van der Waals surface area contributed by atoms with Crippen molar-refractivity contribution in [2.45, 2.75) is 52.6 Å². The molecule has 2 aromatic rings. The third-order valence-corrected chi connectivity index (χ3v) is 6.14. The zero-order chi connectivity index (χ0) is 26.9. The van der Waals surface area contributed by atoms with Gasteiger partial charge in [-0.1, -0.05) is 25.0 Å². The van der Waals surface area contributed by atoms with E-state index in [1.54, 1.807) is 38.5 Å². The molecule has 1 aliphatic carbocycles. The van der Waals surface area contributed by atoms with E-state index < -0.39 is 11.8 Å². The predicted molar refractivity (Wildman–Crippen MR) is 143 cm³/mol. The quantitative estimate of drug-likeness (QED) is 0.276. The second kappa shape index (κ2) is 12.8. The fourth-order valence-corrected chi connectivity index (χ4v) is 4.43. The summed E-state index contributed by atoms with van der Waals surface area (Å²) < 4.78 is 10.5. The first-order valence-corrected chi connectivity index (χ1v) is 12.5. The Bertz CT molecular complexity index is 1150. The third kappa shape index (κ3) is 7.28. The van der Waals surface area contributed by atoms with Gasteiger partial charge in [0.25, 0.3) is 0 Å². The summed E-state index contributed by atoms with van der Waals surface area (Å²) in [5.74, 6) is -0.473. The Hall–Kier alpha value is -3.95. The van der Waals surface area contributed by atoms with Crippen LogP contribution in [0.25, 0.3) is 5.70 Å². The molecule has 198 valence electrons. The molecule has 2 atom stereocenters. The highest BCUT2D eigenvalue weighted by Gasteiger charge is 2.36. The fraction of sp³-hybridized carbons (Fsp3) is 0.444. The highest BCUT2D eigenvalue weighted by molar-refractivity contribution is 6.05. The first kappa shape index (κ1) is 27.6. The summed E-state index contributed by atoms with van der Waals surface area (Å²) in [7, 11) is 3.13. The zero-order valence-corrected chi connectivity index (χ0v) is 22.1. The van der Waals surface area contributed by atoms with E-state index in [2.05, 4.69) is 25.9 Å². The number of hydrogen-bond acceptors (Lipinski definition) is 9. The number of hydrogen-bond donors (Lipinski definition) is 4. The molecule has 0 radical (unpaired) electrons. The number of benzene rings is 1. The van der Waals surface area contributed by atoms with Gasteiger partial charge in [0.2, 0.25) is 11.8 Å². The molecular weight excluding hydrogens is 472 g/mol. The lowest BCUT2D eigenvalue weighted by molar-refractivity contribution is -0.151. The molecule has 0 aliphatic heterocycles. The van der Waals surface area contributed by atoms with E-state index in [9.17, 15) is 9.59 Å². The van der Waals surface area contributed by atoms with Crippen molar-refractivity contribution >= 4 is 34.8 Å². The van der Waals surface area contributed by atoms with Crippen LogP contribution < -0.4 is 20.7 Å². The average Bonchev–Trinajstić information content (AvgIpc) is 2.88. The second-order valence-electron chi connectivity index (χ2n) is 9.25. The van der Waals surface area contributed by atoms with Gasteiger partial charge in [-0.05, 0) is 51.3 Å². The number of rotatable bonds is 10. The van der Waals surface area contributed by atoms with Crippen molar-refractivity contribution in [3.63, 3.8) is 0 Å². The van der Waals surface area contributed by atoms with Gasteiger partial charge in [-0.3, -0.25) is 14.6 Å². The van der Waals surface area contributed by atoms with E-state index in [1.165, 1.54) is 7.11 Å². The van der Waals surface area contributed by atoms with Gasteiger partial charge in [0.15, 0.2) is 5.82 Å². The Morgan fingerprint density at radius 2 is 1.73 bits per heavy atom. The maximum atomic E-state index is 13.0. The topological polar surface area (TPSA) is 138 Å². The molecule has 3 rings (SSSR count). The van der Waals surface area contributed by atoms with Crippen LogP contribution in [0, 0.1) is 17.2 Å². The maximum absolute atomic E-state index is 13.0. The standard InChI is InChI=1S/C27H36N6O4/c1-16(2)37-23-15-30-14-22(32-23)33-24(17(3)28)25(29-4)18-10-12-19(13-11-18)31-26(34)20-8-6-7-9-21(20)27(35)36-5/h10-16,20-21,28-29H,6-9H2,1-5H3,(H,31,34)(H,32,33)/b25-24+,28-17?. The summed E-state index contributed by atoms with van der Waals surface area (Å²) in [6, 6.07) is 7.31. The monoisotopic (exact) mass is 508 g/mol. The lowest BCUT2D eigenvalue weighted by atomic mass is 9.78. The van der Waals surface area contributed by atoms with Crippen LogP contribution in [0.1, 0.15) is 52.0 Å². The van der Waals surface area contributed by atoms with Crippen molar-refractivity contribution in [2.75, 3.05) is 24.8 Å². The van der Waals surface area contributed by atoms with Crippen molar-refractivity contribution in [3.8, 4) is 5.88 Å². The fourth-order valence-electron chi connectivity index (χ4n) is 4.43. The number of allylic oxidation sites excluding steroid dienone is 1. The Balaban J connectivity index is 1.80. The van der Waals surface area contributed by atoms with Crippen molar-refractivity contribution in [1.82, 2.24) is 15.3 Å². The lowest BCUT2D eigenvalue weighted by Crippen LogP contribution is -2.36. The molecule has 1 heterocycles. The summed E-state index contributed by atoms with van der Waals surface area (Å²) in [5, 5.41) is 17.6. The number of anilines is 2. The summed E-state index contributed by atoms with van der Waals surface area (Å²) >= 11 is 0. The van der Waals surface area contributed by atoms with E-state index in [1.807, 2.05) is 26.0 Å². The van der Waals surface area contributed by atoms with Crippen LogP contribution in [-0.4, -0.2) is 47.8 Å². The number of esters is 1. The number of aromatic nitrogens is 2. The normalized spacial score (nSPS) is 17.9. The van der Waals surface area contributed by atoms with Gasteiger partial charge < -0.3 is 30.8 Å². The van der Waals surface area contributed by atoms with Crippen LogP contribution in [-0.2, 0) is 14.3 Å². The number of carbonyl (C=O) groups excluding carboxylic acids is 2. The van der Waals surface area contributed by atoms with Gasteiger partial charge in [0.1, 0.15) is 0 Å². The minimum atomic E-state index is -0.409. The molecule has 37 heavy (non-hydrogen) atoms. The van der Waals surface area contributed by atoms with Crippen LogP contribution >= 0.6 is 0 Å². The molecule has 4 N–H and O–H groups in total. The van der Waals surface area contributed by atoms with E-state index in [0.29, 0.717) is 47.3 Å². The minimum absolute atomic E-state index is 0.0413. The SMILES string of the molecule is CN/C(=C(/Nc1cncc(OC(C)C)n1)C(C)=N)c1ccc(NC(=O)C2CCCCC2C(=O)OC)cc1. The largest absolute Gasteiger partial charge is 0.474 e. The molecule has 0 saturated heterocycles. The van der Waals surface area contributed by atoms with Crippen molar-refractivity contribution in [2.24, 2.45) is 11.8 Å². The summed E-state index contributed by atoms with van der Waals surface area (Å²) in [4.78, 5) is 33.7. The molecule has 0 bridgehead atoms. The van der Waals surface area contributed by atoms with E-state index in [0.717, 1.165) is 18.4 Å². The van der Waals surface area contributed by atoms with Crippen molar-refractivity contribution in [1.29, 1.82) is 5.41 Å². The van der Waals surface area contributed by atoms with Crippen molar-refractivity contribution in [3.05, 3.63) is 47.9 Å². The van der Waals surface area contributed by atoms with E-state index in [-0.39, 0.29) is 18.0 Å². The second-order valence-corrected chi connectivity index (χ2v) is 9.25. The van der Waals surface area contributed by atoms with Crippen LogP contribution in [0.2, 0.25) is 0 Å². The number of nitrogens with zero attached hydrogens (tertiary/aromatic N) is 2. The smallest absolute Gasteiger partial charge is 0.309 e. The number of carbonyl (C=O) groups is 2. The third-order valence-electron chi connectivity index (χ3n) is 6.14. The van der Waals surface area contributed by atoms with Gasteiger partial charge in [-0.25, -0.2) is 0 Å². The molecule has 2 unspecified atom stereocenters. The average molecular weight is 509 g/mol. The number of amides is 1. The molecule has 1 aliphatic rings. The molecule has 1 aromatic carbocycles. The van der Waals surface area contributed by atoms with Crippen LogP contribution in [0.3, 0.4) is 0 Å². The summed E-state index contributed by atoms with van der Waals surface area (Å²) in [6.45, 7) is 5.50.